The minimum absolute atomic E-state index is 0.220. The summed E-state index contributed by atoms with van der Waals surface area (Å²) in [5.41, 5.74) is 10.2. The molecule has 0 aliphatic carbocycles. The molecule has 17 heteroatoms. The van der Waals surface area contributed by atoms with Crippen molar-refractivity contribution in [1.29, 1.82) is 0 Å². The fourth-order valence-corrected chi connectivity index (χ4v) is 10.0. The van der Waals surface area contributed by atoms with Gasteiger partial charge in [-0.3, -0.25) is 34.2 Å². The van der Waals surface area contributed by atoms with Crippen LogP contribution in [0.3, 0.4) is 0 Å². The molecule has 68 heavy (non-hydrogen) atoms. The van der Waals surface area contributed by atoms with Crippen LogP contribution in [0.5, 0.6) is 0 Å². The first-order valence-electron chi connectivity index (χ1n) is 24.3. The van der Waals surface area contributed by atoms with E-state index in [9.17, 15) is 19.2 Å². The maximum atomic E-state index is 14.2. The minimum Gasteiger partial charge on any atom is -0.468 e. The molecule has 4 aliphatic heterocycles. The molecule has 2 N–H and O–H groups in total. The highest BCUT2D eigenvalue weighted by molar-refractivity contribution is 5.95. The summed E-state index contributed by atoms with van der Waals surface area (Å²) in [6.07, 6.45) is 5.73. The highest BCUT2D eigenvalue weighted by Gasteiger charge is 2.36. The summed E-state index contributed by atoms with van der Waals surface area (Å²) >= 11 is 0. The summed E-state index contributed by atoms with van der Waals surface area (Å²) < 4.78 is 30.6. The zero-order valence-electron chi connectivity index (χ0n) is 41.9. The van der Waals surface area contributed by atoms with E-state index in [2.05, 4.69) is 81.1 Å². The molecule has 6 heterocycles. The Morgan fingerprint density at radius 3 is 2.54 bits per heavy atom. The Balaban J connectivity index is 1.25. The van der Waals surface area contributed by atoms with Gasteiger partial charge in [0, 0.05) is 94.8 Å². The molecule has 4 atom stereocenters. The fraction of sp³-hybridized carbons (Fsp3) is 0.627. The predicted molar refractivity (Wildman–Crippen MR) is 261 cm³/mol. The molecule has 3 saturated heterocycles. The topological polar surface area (TPSA) is 169 Å². The number of aryl methyl sites for hydroxylation is 1. The highest BCUT2D eigenvalue weighted by Crippen LogP contribution is 2.43. The molecule has 2 aromatic heterocycles. The van der Waals surface area contributed by atoms with E-state index in [0.29, 0.717) is 58.1 Å². The van der Waals surface area contributed by atoms with E-state index in [-0.39, 0.29) is 31.1 Å². The second-order valence-corrected chi connectivity index (χ2v) is 20.4. The average Bonchev–Trinajstić information content (AvgIpc) is 3.62. The number of methoxy groups -OCH3 is 2. The van der Waals surface area contributed by atoms with E-state index >= 15 is 0 Å². The highest BCUT2D eigenvalue weighted by atomic mass is 16.6. The van der Waals surface area contributed by atoms with Gasteiger partial charge in [-0.15, -0.1) is 0 Å². The number of rotatable bonds is 15. The van der Waals surface area contributed by atoms with Gasteiger partial charge in [0.05, 0.1) is 62.3 Å². The number of nitrogens with zero attached hydrogens (tertiary/aromatic N) is 6. The van der Waals surface area contributed by atoms with Crippen molar-refractivity contribution in [2.45, 2.75) is 117 Å². The van der Waals surface area contributed by atoms with E-state index in [1.165, 1.54) is 19.0 Å². The van der Waals surface area contributed by atoms with Gasteiger partial charge in [0.25, 0.3) is 5.91 Å². The summed E-state index contributed by atoms with van der Waals surface area (Å²) in [5, 5.41) is 5.38. The quantitative estimate of drug-likeness (QED) is 0.140. The molecule has 17 nitrogen and oxygen atoms in total. The molecular formula is C51H74N8O9. The Morgan fingerprint density at radius 1 is 1.03 bits per heavy atom. The van der Waals surface area contributed by atoms with Crippen LogP contribution in [0.15, 0.2) is 36.5 Å². The van der Waals surface area contributed by atoms with Gasteiger partial charge in [0.15, 0.2) is 0 Å². The first kappa shape index (κ1) is 50.8. The number of benzene rings is 1. The summed E-state index contributed by atoms with van der Waals surface area (Å²) in [7, 11) is 3.04. The number of nitrogens with one attached hydrogen (secondary N) is 2. The number of hydrogen-bond donors (Lipinski definition) is 2. The second-order valence-electron chi connectivity index (χ2n) is 20.4. The predicted octanol–water partition coefficient (Wildman–Crippen LogP) is 5.73. The van der Waals surface area contributed by atoms with Crippen LogP contribution >= 0.6 is 0 Å². The maximum Gasteiger partial charge on any atom is 0.408 e. The Labute approximate surface area is 401 Å². The van der Waals surface area contributed by atoms with Crippen LogP contribution in [0, 0.1) is 5.41 Å². The molecule has 3 aromatic rings. The van der Waals surface area contributed by atoms with Crippen molar-refractivity contribution in [2.24, 2.45) is 5.41 Å². The number of amides is 2. The number of anilines is 1. The molecule has 0 bridgehead atoms. The Hall–Kier alpha value is -5.07. The molecular weight excluding hydrogens is 869 g/mol. The molecule has 2 amide bonds. The number of ether oxygens (including phenoxy) is 5. The first-order valence-corrected chi connectivity index (χ1v) is 24.3. The van der Waals surface area contributed by atoms with E-state index < -0.39 is 35.2 Å². The van der Waals surface area contributed by atoms with Crippen LogP contribution in [0.1, 0.15) is 97.6 Å². The number of morpholine rings is 1. The van der Waals surface area contributed by atoms with Crippen molar-refractivity contribution >= 4 is 46.1 Å². The van der Waals surface area contributed by atoms with E-state index in [0.717, 1.165) is 89.4 Å². The van der Waals surface area contributed by atoms with Crippen molar-refractivity contribution in [2.75, 3.05) is 91.3 Å². The molecule has 3 fully saturated rings. The standard InChI is InChI=1S/C51H74N8O9/c1-11-58-44-17-16-35(36-14-12-18-55(28-36)30-43(53-49(63)68-50(4,5)6)47(61)59-19-13-15-42(54-59)48(62)65-10)24-39(44)41(26-51(7,8)32-67-34(3)60)46(58)40-25-37(27-52-45(40)33(2)64-9)57-21-20-56-22-23-66-31-38(56)29-57/h14,16-17,24-25,27,33,38,42-43,54H,11-13,15,18-23,26,28-32H2,1-10H3,(H,53,63)/t33-,38-,42-,43-/m0/s1. The van der Waals surface area contributed by atoms with Crippen LogP contribution in [0.4, 0.5) is 10.5 Å². The zero-order chi connectivity index (χ0) is 48.9. The third kappa shape index (κ3) is 12.0. The lowest BCUT2D eigenvalue weighted by molar-refractivity contribution is -0.150. The van der Waals surface area contributed by atoms with E-state index in [1.807, 2.05) is 13.1 Å². The van der Waals surface area contributed by atoms with Gasteiger partial charge in [-0.25, -0.2) is 10.2 Å². The number of carbonyl (C=O) groups excluding carboxylic acids is 4. The number of aromatic nitrogens is 2. The number of pyridine rings is 1. The fourth-order valence-electron chi connectivity index (χ4n) is 10.0. The van der Waals surface area contributed by atoms with Crippen molar-refractivity contribution < 1.29 is 42.9 Å². The monoisotopic (exact) mass is 943 g/mol. The summed E-state index contributed by atoms with van der Waals surface area (Å²) in [4.78, 5) is 64.4. The molecule has 372 valence electrons. The normalized spacial score (nSPS) is 20.6. The third-order valence-corrected chi connectivity index (χ3v) is 13.5. The van der Waals surface area contributed by atoms with E-state index in [1.54, 1.807) is 27.9 Å². The third-order valence-electron chi connectivity index (χ3n) is 13.5. The van der Waals surface area contributed by atoms with Crippen LogP contribution in [-0.2, 0) is 51.0 Å². The number of hydrazine groups is 1. The molecule has 4 aliphatic rings. The molecule has 0 radical (unpaired) electrons. The summed E-state index contributed by atoms with van der Waals surface area (Å²) in [6.45, 7) is 23.2. The van der Waals surface area contributed by atoms with E-state index in [4.69, 9.17) is 28.7 Å². The van der Waals surface area contributed by atoms with Crippen molar-refractivity contribution in [3.05, 3.63) is 53.4 Å². The van der Waals surface area contributed by atoms with Gasteiger partial charge in [0.1, 0.15) is 17.7 Å². The largest absolute Gasteiger partial charge is 0.468 e. The van der Waals surface area contributed by atoms with Gasteiger partial charge in [-0.1, -0.05) is 26.0 Å². The molecule has 1 aromatic carbocycles. The lowest BCUT2D eigenvalue weighted by atomic mass is 9.84. The van der Waals surface area contributed by atoms with Crippen molar-refractivity contribution in [3.63, 3.8) is 0 Å². The van der Waals surface area contributed by atoms with Gasteiger partial charge < -0.3 is 38.5 Å². The Kier molecular flexibility index (Phi) is 16.2. The summed E-state index contributed by atoms with van der Waals surface area (Å²) in [6, 6.07) is 7.64. The van der Waals surface area contributed by atoms with Crippen LogP contribution in [0.25, 0.3) is 27.7 Å². The molecule has 0 spiro atoms. The maximum absolute atomic E-state index is 14.2. The molecule has 7 rings (SSSR count). The molecule has 0 unspecified atom stereocenters. The van der Waals surface area contributed by atoms with Crippen LogP contribution in [0.2, 0.25) is 0 Å². The number of fused-ring (bicyclic) bond motifs is 2. The number of esters is 2. The van der Waals surface area contributed by atoms with Gasteiger partial charge in [-0.05, 0) is 95.2 Å². The van der Waals surface area contributed by atoms with Gasteiger partial charge in [-0.2, -0.15) is 0 Å². The number of alkyl carbamates (subject to hydrolysis) is 1. The lowest BCUT2D eigenvalue weighted by Crippen LogP contribution is -2.62. The van der Waals surface area contributed by atoms with Crippen molar-refractivity contribution in [1.82, 2.24) is 35.1 Å². The van der Waals surface area contributed by atoms with Gasteiger partial charge >= 0.3 is 18.0 Å². The van der Waals surface area contributed by atoms with Crippen molar-refractivity contribution in [3.8, 4) is 11.3 Å². The number of hydrogen-bond acceptors (Lipinski definition) is 14. The number of carbonyl (C=O) groups is 4. The van der Waals surface area contributed by atoms with Crippen LogP contribution in [-0.4, -0.2) is 158 Å². The molecule has 0 saturated carbocycles. The second kappa shape index (κ2) is 21.7. The smallest absolute Gasteiger partial charge is 0.408 e. The Bertz CT molecular complexity index is 2340. The Morgan fingerprint density at radius 2 is 1.82 bits per heavy atom. The number of piperazine rings is 1. The SMILES string of the molecule is CCn1c(-c2cc(N3CCN4CCOC[C@@H]4C3)cnc2[C@H](C)OC)c(CC(C)(C)COC(C)=O)c2cc(C3=CCCN(C[C@H](NC(=O)OC(C)(C)C)C(=O)N4CCC[C@@H](C(=O)OC)N4)C3)ccc21. The average molecular weight is 943 g/mol. The van der Waals surface area contributed by atoms with Gasteiger partial charge in [0.2, 0.25) is 0 Å². The first-order chi connectivity index (χ1) is 32.4. The lowest BCUT2D eigenvalue weighted by Gasteiger charge is -2.44. The van der Waals surface area contributed by atoms with Crippen LogP contribution < -0.4 is 15.6 Å². The minimum atomic E-state index is -0.962. The zero-order valence-corrected chi connectivity index (χ0v) is 41.9. The summed E-state index contributed by atoms with van der Waals surface area (Å²) in [5.74, 6) is -1.12.